The molecule has 76 valence electrons. The van der Waals surface area contributed by atoms with Gasteiger partial charge in [0.2, 0.25) is 16.7 Å². The van der Waals surface area contributed by atoms with Crippen LogP contribution in [0.25, 0.3) is 0 Å². The van der Waals surface area contributed by atoms with E-state index < -0.39 is 10.4 Å². The van der Waals surface area contributed by atoms with Crippen molar-refractivity contribution in [1.29, 1.82) is 0 Å². The zero-order chi connectivity index (χ0) is 10.5. The largest absolute Gasteiger partial charge is 0.726 e. The summed E-state index contributed by atoms with van der Waals surface area (Å²) in [5.41, 5.74) is 1.28. The Labute approximate surface area is 76.8 Å². The number of H-pyrrole nitrogens is 1. The second kappa shape index (κ2) is 4.95. The number of nitrogens with zero attached hydrogens (tertiary/aromatic N) is 1. The molecule has 0 bridgehead atoms. The Bertz CT molecular complexity index is 335. The Morgan fingerprint density at radius 2 is 2.15 bits per heavy atom. The van der Waals surface area contributed by atoms with Crippen molar-refractivity contribution in [1.82, 2.24) is 4.98 Å². The first kappa shape index (κ1) is 12.1. The molecule has 1 aromatic heterocycles. The zero-order valence-electron chi connectivity index (χ0n) is 7.39. The minimum atomic E-state index is -4.92. The van der Waals surface area contributed by atoms with Gasteiger partial charge >= 0.3 is 0 Å². The summed E-state index contributed by atoms with van der Waals surface area (Å²) in [7, 11) is -2.91. The number of hydrogen-bond acceptors (Lipinski definition) is 3. The van der Waals surface area contributed by atoms with Gasteiger partial charge in [0.05, 0.1) is 7.05 Å². The van der Waals surface area contributed by atoms with Gasteiger partial charge in [0.1, 0.15) is 11.9 Å². The number of aromatic nitrogens is 2. The van der Waals surface area contributed by atoms with Crippen LogP contribution in [0.2, 0.25) is 0 Å². The van der Waals surface area contributed by atoms with Gasteiger partial charge in [-0.25, -0.2) is 18.0 Å². The minimum absolute atomic E-state index is 1.08. The summed E-state index contributed by atoms with van der Waals surface area (Å²) in [5, 5.41) is 0. The molecule has 0 saturated heterocycles. The van der Waals surface area contributed by atoms with E-state index in [9.17, 15) is 0 Å². The monoisotopic (exact) mass is 208 g/mol. The molecule has 0 spiro atoms. The smallest absolute Gasteiger partial charge is 0.241 e. The second-order valence-electron chi connectivity index (χ2n) is 2.37. The van der Waals surface area contributed by atoms with Crippen molar-refractivity contribution in [3.05, 3.63) is 18.2 Å². The topological polar surface area (TPSA) is 97.1 Å². The number of aryl methyl sites for hydroxylation is 2. The Kier molecular flexibility index (Phi) is 4.60. The molecule has 2 N–H and O–H groups in total. The molecule has 1 heterocycles. The van der Waals surface area contributed by atoms with Crippen LogP contribution in [0.3, 0.4) is 0 Å². The van der Waals surface area contributed by atoms with Crippen molar-refractivity contribution in [3.8, 4) is 0 Å². The number of imidazole rings is 1. The predicted octanol–water partition coefficient (Wildman–Crippen LogP) is -0.594. The molecule has 13 heavy (non-hydrogen) atoms. The van der Waals surface area contributed by atoms with Crippen LogP contribution in [0.4, 0.5) is 0 Å². The van der Waals surface area contributed by atoms with E-state index in [-0.39, 0.29) is 0 Å². The van der Waals surface area contributed by atoms with E-state index in [1.807, 2.05) is 17.9 Å². The summed E-state index contributed by atoms with van der Waals surface area (Å²) in [6.45, 7) is 2.13. The summed E-state index contributed by atoms with van der Waals surface area (Å²) in [6.07, 6.45) is 5.11. The highest BCUT2D eigenvalue weighted by Crippen LogP contribution is 1.86. The quantitative estimate of drug-likeness (QED) is 0.366. The van der Waals surface area contributed by atoms with Crippen molar-refractivity contribution < 1.29 is 22.1 Å². The summed E-state index contributed by atoms with van der Waals surface area (Å²) in [4.78, 5) is 3.12. The number of nitrogens with one attached hydrogen (secondary N) is 1. The van der Waals surface area contributed by atoms with E-state index in [1.54, 1.807) is 0 Å². The molecule has 1 rings (SSSR count). The molecule has 0 fully saturated rings. The van der Waals surface area contributed by atoms with Gasteiger partial charge in [-0.3, -0.25) is 4.55 Å². The summed E-state index contributed by atoms with van der Waals surface area (Å²) < 4.78 is 34.8. The molecule has 0 unspecified atom stereocenters. The second-order valence-corrected chi connectivity index (χ2v) is 3.23. The maximum Gasteiger partial charge on any atom is 0.241 e. The van der Waals surface area contributed by atoms with Crippen molar-refractivity contribution in [2.24, 2.45) is 7.05 Å². The number of hydrogen-bond donors (Lipinski definition) is 2. The Balaban J connectivity index is 0.000000252. The molecule has 1 aromatic rings. The maximum atomic E-state index is 8.63. The van der Waals surface area contributed by atoms with Crippen molar-refractivity contribution in [2.45, 2.75) is 13.3 Å². The van der Waals surface area contributed by atoms with Crippen LogP contribution in [0.1, 0.15) is 12.6 Å². The van der Waals surface area contributed by atoms with Crippen LogP contribution in [0.5, 0.6) is 0 Å². The SMILES string of the molecule is CCc1c[n+](C)c[nH]1.O=S(=O)([O-])O. The van der Waals surface area contributed by atoms with E-state index in [0.29, 0.717) is 0 Å². The molecule has 0 saturated carbocycles. The Morgan fingerprint density at radius 3 is 2.31 bits per heavy atom. The van der Waals surface area contributed by atoms with E-state index in [0.717, 1.165) is 6.42 Å². The lowest BCUT2D eigenvalue weighted by Gasteiger charge is -1.88. The van der Waals surface area contributed by atoms with Gasteiger partial charge in [0.15, 0.2) is 0 Å². The van der Waals surface area contributed by atoms with Gasteiger partial charge in [-0.15, -0.1) is 0 Å². The highest BCUT2D eigenvalue weighted by Gasteiger charge is 1.95. The molecular weight excluding hydrogens is 196 g/mol. The predicted molar refractivity (Wildman–Crippen MR) is 43.7 cm³/mol. The third-order valence-electron chi connectivity index (χ3n) is 1.19. The average molecular weight is 208 g/mol. The van der Waals surface area contributed by atoms with Gasteiger partial charge in [-0.2, -0.15) is 0 Å². The zero-order valence-corrected chi connectivity index (χ0v) is 8.21. The molecule has 0 aliphatic carbocycles. The van der Waals surface area contributed by atoms with E-state index in [1.165, 1.54) is 5.69 Å². The third-order valence-corrected chi connectivity index (χ3v) is 1.19. The van der Waals surface area contributed by atoms with Gasteiger partial charge in [-0.05, 0) is 0 Å². The van der Waals surface area contributed by atoms with E-state index >= 15 is 0 Å². The molecule has 6 nitrogen and oxygen atoms in total. The summed E-state index contributed by atoms with van der Waals surface area (Å²) >= 11 is 0. The molecule has 0 aliphatic heterocycles. The van der Waals surface area contributed by atoms with E-state index in [4.69, 9.17) is 17.5 Å². The standard InChI is InChI=1S/C6H10N2.H2O4S/c1-3-6-4-8(2)5-7-6;1-5(2,3)4/h4-5H,3H2,1-2H3;(H2,1,2,3,4). The van der Waals surface area contributed by atoms with Crippen molar-refractivity contribution in [3.63, 3.8) is 0 Å². The lowest BCUT2D eigenvalue weighted by atomic mass is 10.4. The molecule has 7 heteroatoms. The average Bonchev–Trinajstić information content (AvgIpc) is 2.31. The van der Waals surface area contributed by atoms with E-state index in [2.05, 4.69) is 18.1 Å². The molecular formula is C6H12N2O4S. The lowest BCUT2D eigenvalue weighted by Crippen LogP contribution is -2.22. The van der Waals surface area contributed by atoms with Gasteiger partial charge in [0, 0.05) is 6.42 Å². The minimum Gasteiger partial charge on any atom is -0.726 e. The highest BCUT2D eigenvalue weighted by atomic mass is 32.3. The van der Waals surface area contributed by atoms with Gasteiger partial charge in [0.25, 0.3) is 0 Å². The normalized spacial score (nSPS) is 10.5. The molecule has 0 atom stereocenters. The third kappa shape index (κ3) is 8.99. The highest BCUT2D eigenvalue weighted by molar-refractivity contribution is 7.79. The van der Waals surface area contributed by atoms with Gasteiger partial charge in [-0.1, -0.05) is 6.92 Å². The molecule has 0 aliphatic rings. The molecule has 0 amide bonds. The van der Waals surface area contributed by atoms with Crippen LogP contribution < -0.4 is 4.57 Å². The first-order valence-corrected chi connectivity index (χ1v) is 4.90. The van der Waals surface area contributed by atoms with Crippen molar-refractivity contribution in [2.75, 3.05) is 0 Å². The van der Waals surface area contributed by atoms with Crippen LogP contribution in [-0.4, -0.2) is 22.5 Å². The fourth-order valence-corrected chi connectivity index (χ4v) is 0.698. The summed E-state index contributed by atoms with van der Waals surface area (Å²) in [6, 6.07) is 0. The lowest BCUT2D eigenvalue weighted by molar-refractivity contribution is -0.670. The van der Waals surface area contributed by atoms with Crippen LogP contribution in [-0.2, 0) is 23.9 Å². The molecule has 0 aromatic carbocycles. The molecule has 0 radical (unpaired) electrons. The Hall–Kier alpha value is -0.920. The number of aromatic amines is 1. The van der Waals surface area contributed by atoms with Gasteiger partial charge < -0.3 is 4.55 Å². The fraction of sp³-hybridized carbons (Fsp3) is 0.500. The fourth-order valence-electron chi connectivity index (χ4n) is 0.698. The van der Waals surface area contributed by atoms with Crippen LogP contribution >= 0.6 is 0 Å². The van der Waals surface area contributed by atoms with Crippen LogP contribution in [0.15, 0.2) is 12.5 Å². The summed E-state index contributed by atoms with van der Waals surface area (Å²) in [5.74, 6) is 0. The first-order chi connectivity index (χ1) is 5.83. The Morgan fingerprint density at radius 1 is 1.69 bits per heavy atom. The van der Waals surface area contributed by atoms with Crippen LogP contribution in [0, 0.1) is 0 Å². The van der Waals surface area contributed by atoms with Crippen molar-refractivity contribution >= 4 is 10.4 Å². The maximum absolute atomic E-state index is 8.63. The first-order valence-electron chi connectivity index (χ1n) is 3.53. The number of rotatable bonds is 1.